The molecule has 5 heteroatoms. The summed E-state index contributed by atoms with van der Waals surface area (Å²) in [5.41, 5.74) is 0.888. The van der Waals surface area contributed by atoms with Crippen LogP contribution in [0.4, 0.5) is 17.6 Å². The fourth-order valence-corrected chi connectivity index (χ4v) is 5.19. The largest absolute Gasteiger partial charge is 0.432 e. The summed E-state index contributed by atoms with van der Waals surface area (Å²) in [4.78, 5) is 0. The third-order valence-electron chi connectivity index (χ3n) is 6.54. The molecule has 0 saturated heterocycles. The molecule has 0 spiro atoms. The second-order valence-electron chi connectivity index (χ2n) is 8.33. The first-order chi connectivity index (χ1) is 12.9. The topological polar surface area (TPSA) is 9.23 Å². The molecule has 2 saturated carbocycles. The molecule has 0 amide bonds. The maximum absolute atomic E-state index is 14.7. The van der Waals surface area contributed by atoms with Crippen LogP contribution in [0.25, 0.3) is 10.8 Å². The van der Waals surface area contributed by atoms with E-state index in [9.17, 15) is 17.6 Å². The van der Waals surface area contributed by atoms with Crippen molar-refractivity contribution in [3.63, 3.8) is 0 Å². The van der Waals surface area contributed by atoms with E-state index in [2.05, 4.69) is 11.7 Å². The van der Waals surface area contributed by atoms with Crippen LogP contribution < -0.4 is 4.74 Å². The van der Waals surface area contributed by atoms with Crippen LogP contribution in [0.1, 0.15) is 56.9 Å². The minimum absolute atomic E-state index is 0.107. The van der Waals surface area contributed by atoms with Gasteiger partial charge in [-0.05, 0) is 84.9 Å². The van der Waals surface area contributed by atoms with E-state index in [4.69, 9.17) is 0 Å². The zero-order chi connectivity index (χ0) is 19.1. The summed E-state index contributed by atoms with van der Waals surface area (Å²) in [6.45, 7) is -0.825. The number of benzene rings is 2. The van der Waals surface area contributed by atoms with Crippen molar-refractivity contribution < 1.29 is 22.3 Å². The van der Waals surface area contributed by atoms with Crippen molar-refractivity contribution in [1.82, 2.24) is 0 Å². The molecule has 2 aromatic carbocycles. The van der Waals surface area contributed by atoms with Crippen LogP contribution >= 0.6 is 0 Å². The first-order valence-electron chi connectivity index (χ1n) is 9.78. The van der Waals surface area contributed by atoms with Gasteiger partial charge in [0.15, 0.2) is 11.6 Å². The highest BCUT2D eigenvalue weighted by Crippen LogP contribution is 2.48. The van der Waals surface area contributed by atoms with Crippen LogP contribution in [-0.2, 0) is 0 Å². The number of hydrogen-bond donors (Lipinski definition) is 0. The summed E-state index contributed by atoms with van der Waals surface area (Å²) in [6.07, 6.45) is 7.03. The van der Waals surface area contributed by atoms with Crippen LogP contribution in [0.15, 0.2) is 24.3 Å². The summed E-state index contributed by atoms with van der Waals surface area (Å²) in [6, 6.07) is 5.41. The van der Waals surface area contributed by atoms with Crippen molar-refractivity contribution in [3.05, 3.63) is 41.5 Å². The van der Waals surface area contributed by atoms with Crippen molar-refractivity contribution in [2.75, 3.05) is 0 Å². The highest BCUT2D eigenvalue weighted by molar-refractivity contribution is 5.85. The molecule has 0 bridgehead atoms. The molecule has 2 aliphatic rings. The van der Waals surface area contributed by atoms with Gasteiger partial charge in [-0.2, -0.15) is 8.78 Å². The van der Waals surface area contributed by atoms with Gasteiger partial charge in [0.25, 0.3) is 0 Å². The lowest BCUT2D eigenvalue weighted by Gasteiger charge is -2.41. The van der Waals surface area contributed by atoms with E-state index in [1.165, 1.54) is 25.3 Å². The lowest BCUT2D eigenvalue weighted by atomic mass is 9.64. The fraction of sp³-hybridized carbons (Fsp3) is 0.545. The Bertz CT molecular complexity index is 835. The van der Waals surface area contributed by atoms with Gasteiger partial charge in [0.1, 0.15) is 5.82 Å². The SMILES string of the molecule is C[C@@H]1CC[C@@H]2CC(c3cc(F)c4cc(OC(F)F)c(F)cc4c3)CCC2C1. The van der Waals surface area contributed by atoms with Crippen LogP contribution in [0.3, 0.4) is 0 Å². The number of fused-ring (bicyclic) bond motifs is 2. The second kappa shape index (κ2) is 7.33. The number of rotatable bonds is 3. The average Bonchev–Trinajstić information content (AvgIpc) is 2.62. The van der Waals surface area contributed by atoms with Gasteiger partial charge >= 0.3 is 6.61 Å². The summed E-state index contributed by atoms with van der Waals surface area (Å²) in [5, 5.41) is 0.500. The monoisotopic (exact) mass is 380 g/mol. The Balaban J connectivity index is 1.61. The summed E-state index contributed by atoms with van der Waals surface area (Å²) < 4.78 is 57.7. The molecule has 0 heterocycles. The van der Waals surface area contributed by atoms with Crippen molar-refractivity contribution in [2.24, 2.45) is 17.8 Å². The van der Waals surface area contributed by atoms with Gasteiger partial charge in [-0.1, -0.05) is 19.4 Å². The summed E-state index contributed by atoms with van der Waals surface area (Å²) >= 11 is 0. The highest BCUT2D eigenvalue weighted by atomic mass is 19.3. The molecule has 27 heavy (non-hydrogen) atoms. The Labute approximate surface area is 156 Å². The molecule has 4 rings (SSSR count). The first kappa shape index (κ1) is 18.6. The van der Waals surface area contributed by atoms with Gasteiger partial charge in [-0.15, -0.1) is 0 Å². The van der Waals surface area contributed by atoms with Gasteiger partial charge in [-0.25, -0.2) is 8.78 Å². The second-order valence-corrected chi connectivity index (χ2v) is 8.33. The first-order valence-corrected chi connectivity index (χ1v) is 9.78. The van der Waals surface area contributed by atoms with Gasteiger partial charge in [0, 0.05) is 5.39 Å². The fourth-order valence-electron chi connectivity index (χ4n) is 5.19. The molecule has 4 atom stereocenters. The van der Waals surface area contributed by atoms with Gasteiger partial charge in [-0.3, -0.25) is 0 Å². The van der Waals surface area contributed by atoms with Crippen molar-refractivity contribution in [2.45, 2.75) is 58.0 Å². The van der Waals surface area contributed by atoms with Crippen molar-refractivity contribution in [3.8, 4) is 5.75 Å². The molecular weight excluding hydrogens is 356 g/mol. The summed E-state index contributed by atoms with van der Waals surface area (Å²) in [5.74, 6) is 0.512. The van der Waals surface area contributed by atoms with Gasteiger partial charge < -0.3 is 4.74 Å². The molecule has 146 valence electrons. The minimum Gasteiger partial charge on any atom is -0.432 e. The maximum Gasteiger partial charge on any atom is 0.387 e. The van der Waals surface area contributed by atoms with E-state index in [0.717, 1.165) is 48.8 Å². The van der Waals surface area contributed by atoms with Gasteiger partial charge in [0.2, 0.25) is 0 Å². The lowest BCUT2D eigenvalue weighted by Crippen LogP contribution is -2.29. The number of halogens is 4. The molecule has 2 aliphatic carbocycles. The maximum atomic E-state index is 14.7. The Kier molecular flexibility index (Phi) is 5.04. The average molecular weight is 380 g/mol. The Morgan fingerprint density at radius 3 is 2.41 bits per heavy atom. The number of alkyl halides is 2. The number of hydrogen-bond acceptors (Lipinski definition) is 1. The Morgan fingerprint density at radius 2 is 1.63 bits per heavy atom. The van der Waals surface area contributed by atoms with E-state index in [1.54, 1.807) is 0 Å². The summed E-state index contributed by atoms with van der Waals surface area (Å²) in [7, 11) is 0. The molecule has 2 aromatic rings. The van der Waals surface area contributed by atoms with E-state index >= 15 is 0 Å². The third kappa shape index (κ3) is 3.78. The molecular formula is C22H24F4O. The van der Waals surface area contributed by atoms with E-state index < -0.39 is 24.0 Å². The Hall–Kier alpha value is -1.78. The zero-order valence-electron chi connectivity index (χ0n) is 15.4. The predicted molar refractivity (Wildman–Crippen MR) is 97.1 cm³/mol. The van der Waals surface area contributed by atoms with Crippen molar-refractivity contribution in [1.29, 1.82) is 0 Å². The smallest absolute Gasteiger partial charge is 0.387 e. The van der Waals surface area contributed by atoms with E-state index in [1.807, 2.05) is 6.07 Å². The predicted octanol–water partition coefficient (Wildman–Crippen LogP) is 7.04. The molecule has 1 nitrogen and oxygen atoms in total. The van der Waals surface area contributed by atoms with Crippen molar-refractivity contribution >= 4 is 10.8 Å². The molecule has 0 aromatic heterocycles. The molecule has 0 N–H and O–H groups in total. The standard InChI is InChI=1S/C22H24F4O/c1-12-2-3-14-7-15(5-4-13(14)6-12)16-8-17-10-20(24)21(27-22(25)26)11-18(17)19(23)9-16/h8-15,22H,2-7H2,1H3/t12-,13?,14-,15?/m1/s1. The van der Waals surface area contributed by atoms with Crippen LogP contribution in [0, 0.1) is 29.4 Å². The van der Waals surface area contributed by atoms with E-state index in [-0.39, 0.29) is 11.3 Å². The van der Waals surface area contributed by atoms with Crippen LogP contribution in [0.2, 0.25) is 0 Å². The zero-order valence-corrected chi connectivity index (χ0v) is 15.4. The molecule has 2 fully saturated rings. The Morgan fingerprint density at radius 1 is 0.889 bits per heavy atom. The molecule has 2 unspecified atom stereocenters. The van der Waals surface area contributed by atoms with Crippen LogP contribution in [0.5, 0.6) is 5.75 Å². The lowest BCUT2D eigenvalue weighted by molar-refractivity contribution is -0.0520. The van der Waals surface area contributed by atoms with Gasteiger partial charge in [0.05, 0.1) is 0 Å². The molecule has 0 radical (unpaired) electrons. The minimum atomic E-state index is -3.15. The van der Waals surface area contributed by atoms with Crippen LogP contribution in [-0.4, -0.2) is 6.61 Å². The van der Waals surface area contributed by atoms with E-state index in [0.29, 0.717) is 11.3 Å². The third-order valence-corrected chi connectivity index (χ3v) is 6.54. The molecule has 0 aliphatic heterocycles. The normalized spacial score (nSPS) is 28.4. The highest BCUT2D eigenvalue weighted by Gasteiger charge is 2.35. The number of ether oxygens (including phenoxy) is 1. The quantitative estimate of drug-likeness (QED) is 0.519.